The molecule has 1 aliphatic heterocycles. The van der Waals surface area contributed by atoms with Crippen LogP contribution in [0.15, 0.2) is 87.6 Å². The fourth-order valence-corrected chi connectivity index (χ4v) is 3.91. The zero-order valence-corrected chi connectivity index (χ0v) is 15.1. The highest BCUT2D eigenvalue weighted by atomic mass is 32.2. The Bertz CT molecular complexity index is 993. The van der Waals surface area contributed by atoms with E-state index in [4.69, 9.17) is 9.73 Å². The molecule has 1 aliphatic rings. The molecule has 4 heteroatoms. The van der Waals surface area contributed by atoms with Crippen molar-refractivity contribution >= 4 is 29.1 Å². The summed E-state index contributed by atoms with van der Waals surface area (Å²) >= 11 is 1.73. The lowest BCUT2D eigenvalue weighted by atomic mass is 10.0. The van der Waals surface area contributed by atoms with Gasteiger partial charge in [0.05, 0.1) is 23.6 Å². The Labute approximate surface area is 156 Å². The number of esters is 1. The Morgan fingerprint density at radius 1 is 0.923 bits per heavy atom. The van der Waals surface area contributed by atoms with E-state index in [1.165, 1.54) is 4.90 Å². The van der Waals surface area contributed by atoms with E-state index >= 15 is 0 Å². The van der Waals surface area contributed by atoms with Crippen molar-refractivity contribution in [1.82, 2.24) is 0 Å². The average Bonchev–Trinajstić information content (AvgIpc) is 2.85. The van der Waals surface area contributed by atoms with Crippen molar-refractivity contribution < 1.29 is 9.53 Å². The van der Waals surface area contributed by atoms with Crippen molar-refractivity contribution in [2.45, 2.75) is 16.7 Å². The Balaban J connectivity index is 1.81. The molecule has 0 radical (unpaired) electrons. The molecule has 128 valence electrons. The molecule has 3 nitrogen and oxygen atoms in total. The van der Waals surface area contributed by atoms with Crippen molar-refractivity contribution in [3.8, 4) is 0 Å². The van der Waals surface area contributed by atoms with E-state index in [0.717, 1.165) is 27.4 Å². The number of nitrogens with zero attached hydrogens (tertiary/aromatic N) is 1. The first kappa shape index (κ1) is 16.6. The molecule has 0 saturated heterocycles. The minimum atomic E-state index is -0.303. The van der Waals surface area contributed by atoms with Crippen LogP contribution in [-0.2, 0) is 4.74 Å². The molecular weight excluding hydrogens is 342 g/mol. The van der Waals surface area contributed by atoms with Crippen LogP contribution in [0.2, 0.25) is 0 Å². The van der Waals surface area contributed by atoms with Crippen LogP contribution in [-0.4, -0.2) is 18.3 Å². The summed E-state index contributed by atoms with van der Waals surface area (Å²) in [6.07, 6.45) is 0. The highest BCUT2D eigenvalue weighted by Crippen LogP contribution is 2.40. The van der Waals surface area contributed by atoms with Gasteiger partial charge in [-0.3, -0.25) is 0 Å². The van der Waals surface area contributed by atoms with E-state index in [0.29, 0.717) is 12.2 Å². The van der Waals surface area contributed by atoms with Gasteiger partial charge in [0.25, 0.3) is 0 Å². The summed E-state index contributed by atoms with van der Waals surface area (Å²) < 4.78 is 5.06. The molecule has 0 atom stereocenters. The molecule has 0 spiro atoms. The quantitative estimate of drug-likeness (QED) is 0.454. The molecule has 0 N–H and O–H groups in total. The van der Waals surface area contributed by atoms with Gasteiger partial charge in [0.15, 0.2) is 0 Å². The molecule has 0 bridgehead atoms. The van der Waals surface area contributed by atoms with Crippen LogP contribution >= 0.6 is 11.8 Å². The van der Waals surface area contributed by atoms with Crippen LogP contribution in [0.5, 0.6) is 0 Å². The molecule has 0 fully saturated rings. The van der Waals surface area contributed by atoms with Crippen LogP contribution in [0.1, 0.15) is 28.4 Å². The number of fused-ring (bicyclic) bond motifs is 2. The van der Waals surface area contributed by atoms with Gasteiger partial charge in [0.2, 0.25) is 0 Å². The summed E-state index contributed by atoms with van der Waals surface area (Å²) in [5.74, 6) is -0.303. The summed E-state index contributed by atoms with van der Waals surface area (Å²) in [6, 6.07) is 23.9. The molecular formula is C22H17NO2S. The molecule has 0 unspecified atom stereocenters. The van der Waals surface area contributed by atoms with E-state index in [1.54, 1.807) is 30.8 Å². The number of aliphatic imine (C=N–C) groups is 1. The van der Waals surface area contributed by atoms with Crippen LogP contribution < -0.4 is 0 Å². The van der Waals surface area contributed by atoms with Crippen LogP contribution in [0.25, 0.3) is 0 Å². The third-order valence-electron chi connectivity index (χ3n) is 4.13. The van der Waals surface area contributed by atoms with Gasteiger partial charge in [0.1, 0.15) is 0 Å². The minimum absolute atomic E-state index is 0.303. The first-order valence-electron chi connectivity index (χ1n) is 8.49. The molecule has 1 heterocycles. The monoisotopic (exact) mass is 359 g/mol. The zero-order valence-electron chi connectivity index (χ0n) is 14.3. The Morgan fingerprint density at radius 2 is 1.62 bits per heavy atom. The Morgan fingerprint density at radius 3 is 2.38 bits per heavy atom. The number of benzene rings is 3. The first-order valence-corrected chi connectivity index (χ1v) is 9.30. The Hall–Kier alpha value is -2.85. The average molecular weight is 359 g/mol. The number of carbonyl (C=O) groups excluding carboxylic acids is 1. The topological polar surface area (TPSA) is 38.7 Å². The van der Waals surface area contributed by atoms with Gasteiger partial charge in [-0.1, -0.05) is 54.2 Å². The first-order chi connectivity index (χ1) is 12.8. The molecule has 0 aliphatic carbocycles. The summed E-state index contributed by atoms with van der Waals surface area (Å²) in [5, 5.41) is 0. The van der Waals surface area contributed by atoms with Crippen molar-refractivity contribution in [3.63, 3.8) is 0 Å². The summed E-state index contributed by atoms with van der Waals surface area (Å²) in [7, 11) is 0. The second-order valence-electron chi connectivity index (χ2n) is 5.82. The Kier molecular flexibility index (Phi) is 4.59. The van der Waals surface area contributed by atoms with Crippen molar-refractivity contribution in [2.24, 2.45) is 4.99 Å². The molecule has 3 aromatic carbocycles. The van der Waals surface area contributed by atoms with E-state index in [1.807, 2.05) is 42.5 Å². The number of hydrogen-bond acceptors (Lipinski definition) is 4. The maximum absolute atomic E-state index is 11.9. The van der Waals surface area contributed by atoms with E-state index < -0.39 is 0 Å². The maximum Gasteiger partial charge on any atom is 0.338 e. The largest absolute Gasteiger partial charge is 0.462 e. The third kappa shape index (κ3) is 3.16. The fourth-order valence-electron chi connectivity index (χ4n) is 2.88. The number of ether oxygens (including phenoxy) is 1. The SMILES string of the molecule is CCOC(=O)c1ccc(C2=Nc3ccccc3Sc3ccccc32)cc1. The predicted molar refractivity (Wildman–Crippen MR) is 105 cm³/mol. The number of rotatable bonds is 3. The van der Waals surface area contributed by atoms with Crippen molar-refractivity contribution in [1.29, 1.82) is 0 Å². The van der Waals surface area contributed by atoms with Crippen molar-refractivity contribution in [2.75, 3.05) is 6.61 Å². The fraction of sp³-hybridized carbons (Fsp3) is 0.0909. The molecule has 4 rings (SSSR count). The summed E-state index contributed by atoms with van der Waals surface area (Å²) in [6.45, 7) is 2.17. The lowest BCUT2D eigenvalue weighted by Gasteiger charge is -2.09. The number of hydrogen-bond donors (Lipinski definition) is 0. The van der Waals surface area contributed by atoms with Gasteiger partial charge in [-0.05, 0) is 37.3 Å². The van der Waals surface area contributed by atoms with E-state index in [2.05, 4.69) is 18.2 Å². The van der Waals surface area contributed by atoms with Gasteiger partial charge in [0, 0.05) is 20.9 Å². The molecule has 3 aromatic rings. The standard InChI is InChI=1S/C22H17NO2S/c1-2-25-22(24)16-13-11-15(12-14-16)21-17-7-3-5-9-19(17)26-20-10-6-4-8-18(20)23-21/h3-14H,2H2,1H3. The predicted octanol–water partition coefficient (Wildman–Crippen LogP) is 5.50. The highest BCUT2D eigenvalue weighted by molar-refractivity contribution is 7.99. The zero-order chi connectivity index (χ0) is 17.9. The van der Waals surface area contributed by atoms with Gasteiger partial charge in [-0.25, -0.2) is 9.79 Å². The van der Waals surface area contributed by atoms with Gasteiger partial charge >= 0.3 is 5.97 Å². The summed E-state index contributed by atoms with van der Waals surface area (Å²) in [5.41, 5.74) is 4.49. The number of carbonyl (C=O) groups is 1. The maximum atomic E-state index is 11.9. The molecule has 26 heavy (non-hydrogen) atoms. The second-order valence-corrected chi connectivity index (χ2v) is 6.91. The molecule has 0 amide bonds. The lowest BCUT2D eigenvalue weighted by molar-refractivity contribution is 0.0526. The van der Waals surface area contributed by atoms with Gasteiger partial charge < -0.3 is 4.74 Å². The van der Waals surface area contributed by atoms with Crippen LogP contribution in [0.3, 0.4) is 0 Å². The van der Waals surface area contributed by atoms with Crippen molar-refractivity contribution in [3.05, 3.63) is 89.5 Å². The number of para-hydroxylation sites is 1. The highest BCUT2D eigenvalue weighted by Gasteiger charge is 2.18. The third-order valence-corrected chi connectivity index (χ3v) is 5.27. The second kappa shape index (κ2) is 7.18. The van der Waals surface area contributed by atoms with E-state index in [9.17, 15) is 4.79 Å². The van der Waals surface area contributed by atoms with Gasteiger partial charge in [-0.2, -0.15) is 0 Å². The van der Waals surface area contributed by atoms with E-state index in [-0.39, 0.29) is 5.97 Å². The van der Waals surface area contributed by atoms with Gasteiger partial charge in [-0.15, -0.1) is 0 Å². The lowest BCUT2D eigenvalue weighted by Crippen LogP contribution is -2.07. The minimum Gasteiger partial charge on any atom is -0.462 e. The summed E-state index contributed by atoms with van der Waals surface area (Å²) in [4.78, 5) is 19.1. The smallest absolute Gasteiger partial charge is 0.338 e. The normalized spacial score (nSPS) is 12.4. The van der Waals surface area contributed by atoms with Crippen LogP contribution in [0, 0.1) is 0 Å². The molecule has 0 aromatic heterocycles. The van der Waals surface area contributed by atoms with Crippen LogP contribution in [0.4, 0.5) is 5.69 Å². The molecule has 0 saturated carbocycles.